The van der Waals surface area contributed by atoms with E-state index in [0.29, 0.717) is 0 Å². The molecule has 0 amide bonds. The molecule has 1 atom stereocenters. The number of carbonyl (C=O) groups excluding carboxylic acids is 1. The van der Waals surface area contributed by atoms with E-state index in [1.54, 1.807) is 19.9 Å². The molecule has 4 heteroatoms. The van der Waals surface area contributed by atoms with Crippen LogP contribution in [0.2, 0.25) is 0 Å². The van der Waals surface area contributed by atoms with Crippen molar-refractivity contribution in [3.63, 3.8) is 0 Å². The van der Waals surface area contributed by atoms with Crippen molar-refractivity contribution >= 4 is 5.97 Å². The molecule has 0 saturated carbocycles. The fraction of sp³-hybridized carbons (Fsp3) is 0.700. The fourth-order valence-corrected chi connectivity index (χ4v) is 0.797. The smallest absolute Gasteiger partial charge is 0.343 e. The normalized spacial score (nSPS) is 14.4. The Morgan fingerprint density at radius 3 is 2.36 bits per heavy atom. The van der Waals surface area contributed by atoms with Gasteiger partial charge in [-0.25, -0.2) is 4.79 Å². The van der Waals surface area contributed by atoms with E-state index in [0.717, 1.165) is 0 Å². The van der Waals surface area contributed by atoms with Crippen LogP contribution < -0.4 is 0 Å². The van der Waals surface area contributed by atoms with Crippen LogP contribution >= 0.6 is 0 Å². The topological polar surface area (TPSA) is 44.8 Å². The van der Waals surface area contributed by atoms with Crippen molar-refractivity contribution in [2.24, 2.45) is 0 Å². The van der Waals surface area contributed by atoms with Gasteiger partial charge in [-0.05, 0) is 34.6 Å². The molecule has 0 fully saturated rings. The third-order valence-corrected chi connectivity index (χ3v) is 1.09. The third kappa shape index (κ3) is 7.76. The molecule has 0 aliphatic carbocycles. The summed E-state index contributed by atoms with van der Waals surface area (Å²) in [5.74, 6) is -0.545. The minimum absolute atomic E-state index is 0.327. The largest absolute Gasteiger partial charge is 0.365 e. The van der Waals surface area contributed by atoms with Crippen molar-refractivity contribution in [3.05, 3.63) is 12.2 Å². The lowest BCUT2D eigenvalue weighted by atomic mass is 10.2. The zero-order valence-corrected chi connectivity index (χ0v) is 9.37. The lowest BCUT2D eigenvalue weighted by Gasteiger charge is -2.23. The van der Waals surface area contributed by atoms with E-state index in [1.807, 2.05) is 20.8 Å². The van der Waals surface area contributed by atoms with Gasteiger partial charge in [0.1, 0.15) is 0 Å². The van der Waals surface area contributed by atoms with Crippen LogP contribution in [0.5, 0.6) is 0 Å². The molecule has 0 saturated heterocycles. The Hall–Kier alpha value is -0.870. The van der Waals surface area contributed by atoms with Crippen LogP contribution in [-0.4, -0.2) is 17.9 Å². The minimum atomic E-state index is -0.579. The van der Waals surface area contributed by atoms with Gasteiger partial charge in [-0.2, -0.15) is 4.89 Å². The second kappa shape index (κ2) is 5.78. The molecule has 0 aromatic rings. The molecule has 0 radical (unpaired) electrons. The fourth-order valence-electron chi connectivity index (χ4n) is 0.797. The molecule has 14 heavy (non-hydrogen) atoms. The average molecular weight is 202 g/mol. The number of rotatable bonds is 4. The monoisotopic (exact) mass is 202 g/mol. The summed E-state index contributed by atoms with van der Waals surface area (Å²) in [6, 6.07) is 0. The van der Waals surface area contributed by atoms with Crippen molar-refractivity contribution in [1.82, 2.24) is 0 Å². The van der Waals surface area contributed by atoms with Crippen LogP contribution in [0.1, 0.15) is 34.6 Å². The third-order valence-electron chi connectivity index (χ3n) is 1.09. The van der Waals surface area contributed by atoms with E-state index >= 15 is 0 Å². The Kier molecular flexibility index (Phi) is 5.42. The van der Waals surface area contributed by atoms with Crippen LogP contribution in [0.15, 0.2) is 12.2 Å². The van der Waals surface area contributed by atoms with Crippen LogP contribution in [-0.2, 0) is 19.3 Å². The summed E-state index contributed by atoms with van der Waals surface area (Å²) in [4.78, 5) is 20.0. The standard InChI is InChI=1S/C10H18O4/c1-6-7-9(11)14-13-8(2)12-10(3,4)5/h6-8H,1-5H3/b7-6+. The van der Waals surface area contributed by atoms with Gasteiger partial charge in [-0.15, -0.1) is 0 Å². The summed E-state index contributed by atoms with van der Waals surface area (Å²) in [6.45, 7) is 9.05. The molecule has 0 bridgehead atoms. The van der Waals surface area contributed by atoms with Gasteiger partial charge in [0.05, 0.1) is 5.60 Å². The summed E-state index contributed by atoms with van der Waals surface area (Å²) in [5.41, 5.74) is -0.327. The predicted octanol–water partition coefficient (Wildman–Crippen LogP) is 2.20. The second-order valence-electron chi connectivity index (χ2n) is 3.80. The highest BCUT2D eigenvalue weighted by molar-refractivity contribution is 5.81. The van der Waals surface area contributed by atoms with E-state index in [4.69, 9.17) is 9.62 Å². The van der Waals surface area contributed by atoms with Gasteiger partial charge in [0.2, 0.25) is 6.29 Å². The van der Waals surface area contributed by atoms with Crippen molar-refractivity contribution < 1.29 is 19.3 Å². The maximum atomic E-state index is 10.8. The molecule has 0 heterocycles. The molecule has 1 unspecified atom stereocenters. The Morgan fingerprint density at radius 2 is 1.93 bits per heavy atom. The first-order chi connectivity index (χ1) is 6.35. The van der Waals surface area contributed by atoms with Gasteiger partial charge in [-0.1, -0.05) is 6.08 Å². The molecule has 0 N–H and O–H groups in total. The quantitative estimate of drug-likeness (QED) is 0.303. The van der Waals surface area contributed by atoms with Gasteiger partial charge in [-0.3, -0.25) is 4.89 Å². The number of allylic oxidation sites excluding steroid dienone is 1. The van der Waals surface area contributed by atoms with E-state index in [9.17, 15) is 4.79 Å². The van der Waals surface area contributed by atoms with E-state index in [2.05, 4.69) is 4.89 Å². The summed E-state index contributed by atoms with van der Waals surface area (Å²) in [7, 11) is 0. The summed E-state index contributed by atoms with van der Waals surface area (Å²) >= 11 is 0. The SMILES string of the molecule is C/C=C/C(=O)OOC(C)OC(C)(C)C. The van der Waals surface area contributed by atoms with Gasteiger partial charge in [0.25, 0.3) is 0 Å². The first kappa shape index (κ1) is 13.1. The minimum Gasteiger partial charge on any atom is -0.343 e. The molecule has 82 valence electrons. The molecular weight excluding hydrogens is 184 g/mol. The summed E-state index contributed by atoms with van der Waals surface area (Å²) in [6.07, 6.45) is 2.26. The van der Waals surface area contributed by atoms with E-state index in [-0.39, 0.29) is 5.60 Å². The molecular formula is C10H18O4. The first-order valence-corrected chi connectivity index (χ1v) is 4.53. The maximum Gasteiger partial charge on any atom is 0.365 e. The number of ether oxygens (including phenoxy) is 1. The number of hydrogen-bond donors (Lipinski definition) is 0. The Morgan fingerprint density at radius 1 is 1.36 bits per heavy atom. The van der Waals surface area contributed by atoms with Gasteiger partial charge in [0, 0.05) is 6.08 Å². The van der Waals surface area contributed by atoms with Crippen LogP contribution in [0.3, 0.4) is 0 Å². The molecule has 0 aromatic carbocycles. The van der Waals surface area contributed by atoms with Crippen LogP contribution in [0, 0.1) is 0 Å². The number of carbonyl (C=O) groups is 1. The highest BCUT2D eigenvalue weighted by atomic mass is 17.2. The van der Waals surface area contributed by atoms with Crippen LogP contribution in [0.4, 0.5) is 0 Å². The van der Waals surface area contributed by atoms with Crippen molar-refractivity contribution in [2.45, 2.75) is 46.5 Å². The van der Waals surface area contributed by atoms with Gasteiger partial charge < -0.3 is 4.74 Å². The average Bonchev–Trinajstić information content (AvgIpc) is 1.98. The Labute approximate surface area is 84.8 Å². The van der Waals surface area contributed by atoms with Gasteiger partial charge in [0.15, 0.2) is 0 Å². The summed E-state index contributed by atoms with van der Waals surface area (Å²) in [5, 5.41) is 0. The molecule has 0 aliphatic heterocycles. The van der Waals surface area contributed by atoms with Crippen molar-refractivity contribution in [2.75, 3.05) is 0 Å². The Bertz CT molecular complexity index is 203. The Balaban J connectivity index is 3.74. The lowest BCUT2D eigenvalue weighted by Crippen LogP contribution is -2.27. The highest BCUT2D eigenvalue weighted by Crippen LogP contribution is 2.11. The van der Waals surface area contributed by atoms with Crippen LogP contribution in [0.25, 0.3) is 0 Å². The predicted molar refractivity (Wildman–Crippen MR) is 52.3 cm³/mol. The second-order valence-corrected chi connectivity index (χ2v) is 3.80. The molecule has 0 spiro atoms. The molecule has 0 aromatic heterocycles. The molecule has 4 nitrogen and oxygen atoms in total. The van der Waals surface area contributed by atoms with E-state index in [1.165, 1.54) is 6.08 Å². The van der Waals surface area contributed by atoms with Crippen molar-refractivity contribution in [3.8, 4) is 0 Å². The molecule has 0 rings (SSSR count). The van der Waals surface area contributed by atoms with E-state index < -0.39 is 12.3 Å². The number of hydrogen-bond acceptors (Lipinski definition) is 4. The zero-order chi connectivity index (χ0) is 11.2. The molecule has 0 aliphatic rings. The van der Waals surface area contributed by atoms with Gasteiger partial charge >= 0.3 is 5.97 Å². The zero-order valence-electron chi connectivity index (χ0n) is 9.37. The lowest BCUT2D eigenvalue weighted by molar-refractivity contribution is -0.358. The maximum absolute atomic E-state index is 10.8. The first-order valence-electron chi connectivity index (χ1n) is 4.53. The highest BCUT2D eigenvalue weighted by Gasteiger charge is 2.16. The summed E-state index contributed by atoms with van der Waals surface area (Å²) < 4.78 is 5.34. The van der Waals surface area contributed by atoms with Crippen molar-refractivity contribution in [1.29, 1.82) is 0 Å².